The van der Waals surface area contributed by atoms with E-state index < -0.39 is 11.9 Å². The summed E-state index contributed by atoms with van der Waals surface area (Å²) in [4.78, 5) is 23.3. The van der Waals surface area contributed by atoms with Gasteiger partial charge in [-0.05, 0) is 55.0 Å². The van der Waals surface area contributed by atoms with Crippen molar-refractivity contribution in [3.63, 3.8) is 0 Å². The summed E-state index contributed by atoms with van der Waals surface area (Å²) in [6.45, 7) is 2.42. The number of methoxy groups -OCH3 is 2. The molecule has 0 amide bonds. The van der Waals surface area contributed by atoms with Gasteiger partial charge in [-0.2, -0.15) is 0 Å². The number of ether oxygens (including phenoxy) is 4. The predicted octanol–water partition coefficient (Wildman–Crippen LogP) is 3.50. The molecule has 2 rings (SSSR count). The quantitative estimate of drug-likeness (QED) is 0.430. The molecule has 0 saturated heterocycles. The maximum atomic E-state index is 11.9. The van der Waals surface area contributed by atoms with Crippen molar-refractivity contribution in [2.75, 3.05) is 20.8 Å². The van der Waals surface area contributed by atoms with E-state index in [1.807, 2.05) is 13.0 Å². The van der Waals surface area contributed by atoms with Crippen LogP contribution in [-0.4, -0.2) is 32.8 Å². The van der Waals surface area contributed by atoms with Crippen LogP contribution in [0.1, 0.15) is 22.8 Å². The fraction of sp³-hybridized carbons (Fsp3) is 0.200. The van der Waals surface area contributed by atoms with Crippen LogP contribution in [0.5, 0.6) is 17.2 Å². The molecule has 0 atom stereocenters. The van der Waals surface area contributed by atoms with Crippen LogP contribution in [-0.2, 0) is 9.53 Å². The molecule has 26 heavy (non-hydrogen) atoms. The Morgan fingerprint density at radius 2 is 1.73 bits per heavy atom. The van der Waals surface area contributed by atoms with Crippen LogP contribution in [0.4, 0.5) is 0 Å². The molecule has 2 aromatic rings. The van der Waals surface area contributed by atoms with E-state index in [2.05, 4.69) is 4.74 Å². The smallest absolute Gasteiger partial charge is 0.337 e. The van der Waals surface area contributed by atoms with Gasteiger partial charge in [-0.15, -0.1) is 0 Å². The summed E-state index contributed by atoms with van der Waals surface area (Å²) in [5.41, 5.74) is 1.15. The average molecular weight is 356 g/mol. The highest BCUT2D eigenvalue weighted by Crippen LogP contribution is 2.28. The largest absolute Gasteiger partial charge is 0.493 e. The number of hydrogen-bond acceptors (Lipinski definition) is 6. The topological polar surface area (TPSA) is 71.1 Å². The van der Waals surface area contributed by atoms with Gasteiger partial charge < -0.3 is 18.9 Å². The first-order valence-electron chi connectivity index (χ1n) is 7.96. The molecule has 0 radical (unpaired) electrons. The summed E-state index contributed by atoms with van der Waals surface area (Å²) in [6, 6.07) is 11.4. The maximum Gasteiger partial charge on any atom is 0.337 e. The molecule has 0 unspecified atom stereocenters. The third kappa shape index (κ3) is 5.11. The lowest BCUT2D eigenvalue weighted by Crippen LogP contribution is -2.05. The first-order valence-corrected chi connectivity index (χ1v) is 7.96. The highest BCUT2D eigenvalue weighted by Gasteiger charge is 2.07. The third-order valence-electron chi connectivity index (χ3n) is 3.39. The maximum absolute atomic E-state index is 11.9. The predicted molar refractivity (Wildman–Crippen MR) is 96.6 cm³/mol. The third-order valence-corrected chi connectivity index (χ3v) is 3.39. The molecule has 0 aromatic heterocycles. The van der Waals surface area contributed by atoms with Gasteiger partial charge in [0.2, 0.25) is 0 Å². The number of carbonyl (C=O) groups excluding carboxylic acids is 2. The van der Waals surface area contributed by atoms with Crippen molar-refractivity contribution in [2.45, 2.75) is 6.92 Å². The zero-order valence-corrected chi connectivity index (χ0v) is 14.9. The molecule has 0 aliphatic heterocycles. The summed E-state index contributed by atoms with van der Waals surface area (Å²) in [7, 11) is 2.86. The molecule has 0 fully saturated rings. The van der Waals surface area contributed by atoms with E-state index in [4.69, 9.17) is 14.2 Å². The van der Waals surface area contributed by atoms with Crippen molar-refractivity contribution in [3.05, 3.63) is 59.7 Å². The van der Waals surface area contributed by atoms with Crippen LogP contribution >= 0.6 is 0 Å². The average Bonchev–Trinajstić information content (AvgIpc) is 2.67. The molecule has 2 aromatic carbocycles. The highest BCUT2D eigenvalue weighted by molar-refractivity contribution is 5.90. The van der Waals surface area contributed by atoms with Gasteiger partial charge >= 0.3 is 11.9 Å². The standard InChI is InChI=1S/C20H20O6/c1-4-25-17-11-5-14(13-18(17)23-2)6-12-19(21)26-16-9-7-15(8-10-16)20(22)24-3/h5-13H,4H2,1-3H3/b12-6+. The van der Waals surface area contributed by atoms with Crippen molar-refractivity contribution in [2.24, 2.45) is 0 Å². The fourth-order valence-electron chi connectivity index (χ4n) is 2.15. The second kappa shape index (κ2) is 9.27. The molecule has 6 nitrogen and oxygen atoms in total. The normalized spacial score (nSPS) is 10.4. The molecule has 0 saturated carbocycles. The Morgan fingerprint density at radius 1 is 1.00 bits per heavy atom. The van der Waals surface area contributed by atoms with Crippen LogP contribution in [0.3, 0.4) is 0 Å². The Hall–Kier alpha value is -3.28. The van der Waals surface area contributed by atoms with Gasteiger partial charge in [0.1, 0.15) is 5.75 Å². The van der Waals surface area contributed by atoms with Gasteiger partial charge in [0.25, 0.3) is 0 Å². The van der Waals surface area contributed by atoms with E-state index in [0.29, 0.717) is 29.4 Å². The van der Waals surface area contributed by atoms with E-state index in [1.54, 1.807) is 25.3 Å². The van der Waals surface area contributed by atoms with Gasteiger partial charge in [0.05, 0.1) is 26.4 Å². The minimum Gasteiger partial charge on any atom is -0.493 e. The molecular formula is C20H20O6. The van der Waals surface area contributed by atoms with Gasteiger partial charge in [-0.25, -0.2) is 9.59 Å². The van der Waals surface area contributed by atoms with E-state index in [-0.39, 0.29) is 0 Å². The molecule has 0 bridgehead atoms. The van der Waals surface area contributed by atoms with Gasteiger partial charge in [-0.3, -0.25) is 0 Å². The van der Waals surface area contributed by atoms with Gasteiger partial charge in [0, 0.05) is 6.08 Å². The molecular weight excluding hydrogens is 336 g/mol. The molecule has 0 aliphatic rings. The minimum absolute atomic E-state index is 0.330. The summed E-state index contributed by atoms with van der Waals surface area (Å²) in [5, 5.41) is 0. The summed E-state index contributed by atoms with van der Waals surface area (Å²) >= 11 is 0. The lowest BCUT2D eigenvalue weighted by atomic mass is 10.2. The van der Waals surface area contributed by atoms with Crippen LogP contribution in [0.2, 0.25) is 0 Å². The summed E-state index contributed by atoms with van der Waals surface area (Å²) < 4.78 is 20.5. The lowest BCUT2D eigenvalue weighted by molar-refractivity contribution is -0.128. The minimum atomic E-state index is -0.538. The summed E-state index contributed by atoms with van der Waals surface area (Å²) in [6.07, 6.45) is 2.92. The van der Waals surface area contributed by atoms with Crippen LogP contribution < -0.4 is 14.2 Å². The number of benzene rings is 2. The van der Waals surface area contributed by atoms with E-state index >= 15 is 0 Å². The zero-order chi connectivity index (χ0) is 18.9. The van der Waals surface area contributed by atoms with Crippen molar-refractivity contribution in [1.82, 2.24) is 0 Å². The number of esters is 2. The zero-order valence-electron chi connectivity index (χ0n) is 14.9. The number of hydrogen-bond donors (Lipinski definition) is 0. The lowest BCUT2D eigenvalue weighted by Gasteiger charge is -2.09. The number of carbonyl (C=O) groups is 2. The monoisotopic (exact) mass is 356 g/mol. The highest BCUT2D eigenvalue weighted by atomic mass is 16.5. The van der Waals surface area contributed by atoms with Crippen molar-refractivity contribution >= 4 is 18.0 Å². The molecule has 136 valence electrons. The van der Waals surface area contributed by atoms with Gasteiger partial charge in [0.15, 0.2) is 11.5 Å². The second-order valence-corrected chi connectivity index (χ2v) is 5.11. The van der Waals surface area contributed by atoms with Gasteiger partial charge in [-0.1, -0.05) is 6.07 Å². The molecule has 0 heterocycles. The van der Waals surface area contributed by atoms with Crippen LogP contribution in [0.15, 0.2) is 48.5 Å². The second-order valence-electron chi connectivity index (χ2n) is 5.11. The number of rotatable bonds is 7. The molecule has 0 N–H and O–H groups in total. The molecule has 0 spiro atoms. The van der Waals surface area contributed by atoms with Crippen LogP contribution in [0, 0.1) is 0 Å². The summed E-state index contributed by atoms with van der Waals surface area (Å²) in [5.74, 6) is 0.564. The first-order chi connectivity index (χ1) is 12.6. The van der Waals surface area contributed by atoms with E-state index in [1.165, 1.54) is 37.5 Å². The Balaban J connectivity index is 2.02. The Bertz CT molecular complexity index is 792. The van der Waals surface area contributed by atoms with E-state index in [9.17, 15) is 9.59 Å². The van der Waals surface area contributed by atoms with Crippen molar-refractivity contribution in [1.29, 1.82) is 0 Å². The Morgan fingerprint density at radius 3 is 2.35 bits per heavy atom. The first kappa shape index (κ1) is 19.1. The molecule has 0 aliphatic carbocycles. The van der Waals surface area contributed by atoms with E-state index in [0.717, 1.165) is 5.56 Å². The van der Waals surface area contributed by atoms with Crippen molar-refractivity contribution < 1.29 is 28.5 Å². The Kier molecular flexibility index (Phi) is 6.79. The Labute approximate surface area is 151 Å². The molecule has 6 heteroatoms. The van der Waals surface area contributed by atoms with Crippen molar-refractivity contribution in [3.8, 4) is 17.2 Å². The fourth-order valence-corrected chi connectivity index (χ4v) is 2.15. The SMILES string of the molecule is CCOc1ccc(/C=C/C(=O)Oc2ccc(C(=O)OC)cc2)cc1OC. The van der Waals surface area contributed by atoms with Crippen LogP contribution in [0.25, 0.3) is 6.08 Å².